The maximum Gasteiger partial charge on any atom is 0.254 e. The fraction of sp³-hybridized carbons (Fsp3) is 0.455. The number of aromatic nitrogens is 2. The predicted octanol–water partition coefficient (Wildman–Crippen LogP) is 2.89. The lowest BCUT2D eigenvalue weighted by atomic mass is 9.84. The highest BCUT2D eigenvalue weighted by Gasteiger charge is 2.39. The first-order valence-corrected chi connectivity index (χ1v) is 10.8. The molecule has 0 spiro atoms. The van der Waals surface area contributed by atoms with E-state index in [2.05, 4.69) is 21.4 Å². The first kappa shape index (κ1) is 21.3. The molecule has 0 bridgehead atoms. The molecule has 0 atom stereocenters. The minimum Gasteiger partial charge on any atom is -0.365 e. The van der Waals surface area contributed by atoms with Crippen molar-refractivity contribution in [1.29, 1.82) is 5.26 Å². The molecular weight excluding hydrogens is 416 g/mol. The number of nitrogens with two attached hydrogens (primary N) is 1. The summed E-state index contributed by atoms with van der Waals surface area (Å²) in [6.45, 7) is 2.35. The molecule has 3 N–H and O–H groups in total. The van der Waals surface area contributed by atoms with Crippen LogP contribution >= 0.6 is 11.6 Å². The molecule has 0 radical (unpaired) electrons. The standard InChI is InChI=1S/C22H25ClN6O2/c23-17-5-1-15(2-6-17)13-28-11-8-22(7-10-24,9-12-28)29-14-18(19(25)30)20(27-29)26-21(31)16-3-4-16/h1-2,5-6,14,16H,3-4,7-9,11-13H2,(H2,25,30)(H,26,27,31). The first-order valence-electron chi connectivity index (χ1n) is 10.4. The van der Waals surface area contributed by atoms with Gasteiger partial charge in [0.25, 0.3) is 5.91 Å². The molecule has 1 aromatic carbocycles. The van der Waals surface area contributed by atoms with Crippen LogP contribution in [0.3, 0.4) is 0 Å². The summed E-state index contributed by atoms with van der Waals surface area (Å²) in [4.78, 5) is 26.5. The van der Waals surface area contributed by atoms with E-state index in [0.29, 0.717) is 17.9 Å². The third-order valence-electron chi connectivity index (χ3n) is 6.17. The van der Waals surface area contributed by atoms with Gasteiger partial charge in [0, 0.05) is 36.8 Å². The van der Waals surface area contributed by atoms with Gasteiger partial charge in [-0.1, -0.05) is 23.7 Å². The molecule has 2 fully saturated rings. The van der Waals surface area contributed by atoms with E-state index in [1.807, 2.05) is 24.3 Å². The van der Waals surface area contributed by atoms with Crippen molar-refractivity contribution in [3.63, 3.8) is 0 Å². The Kier molecular flexibility index (Phi) is 5.99. The van der Waals surface area contributed by atoms with Gasteiger partial charge in [-0.3, -0.25) is 19.2 Å². The average Bonchev–Trinajstić information content (AvgIpc) is 3.51. The summed E-state index contributed by atoms with van der Waals surface area (Å²) in [7, 11) is 0. The van der Waals surface area contributed by atoms with Crippen LogP contribution in [-0.2, 0) is 16.9 Å². The van der Waals surface area contributed by atoms with Crippen molar-refractivity contribution in [3.8, 4) is 6.07 Å². The fourth-order valence-electron chi connectivity index (χ4n) is 4.06. The number of hydrogen-bond donors (Lipinski definition) is 2. The van der Waals surface area contributed by atoms with Crippen molar-refractivity contribution in [2.24, 2.45) is 11.7 Å². The van der Waals surface area contributed by atoms with Gasteiger partial charge in [-0.25, -0.2) is 0 Å². The molecule has 2 aromatic rings. The summed E-state index contributed by atoms with van der Waals surface area (Å²) in [5.41, 5.74) is 6.34. The van der Waals surface area contributed by atoms with Crippen molar-refractivity contribution >= 4 is 29.2 Å². The van der Waals surface area contributed by atoms with Crippen molar-refractivity contribution in [2.75, 3.05) is 18.4 Å². The van der Waals surface area contributed by atoms with Crippen LogP contribution < -0.4 is 11.1 Å². The third kappa shape index (κ3) is 4.73. The second-order valence-electron chi connectivity index (χ2n) is 8.43. The monoisotopic (exact) mass is 440 g/mol. The summed E-state index contributed by atoms with van der Waals surface area (Å²) in [5, 5.41) is 17.5. The van der Waals surface area contributed by atoms with Crippen LogP contribution in [-0.4, -0.2) is 39.6 Å². The van der Waals surface area contributed by atoms with E-state index in [0.717, 1.165) is 32.5 Å². The van der Waals surface area contributed by atoms with Crippen LogP contribution in [0.1, 0.15) is 48.0 Å². The number of primary amides is 1. The van der Waals surface area contributed by atoms with Gasteiger partial charge in [-0.2, -0.15) is 10.4 Å². The normalized spacial score (nSPS) is 18.3. The van der Waals surface area contributed by atoms with E-state index < -0.39 is 11.4 Å². The second kappa shape index (κ2) is 8.69. The van der Waals surface area contributed by atoms with E-state index in [9.17, 15) is 14.9 Å². The Labute approximate surface area is 185 Å². The van der Waals surface area contributed by atoms with Crippen LogP contribution in [0.2, 0.25) is 5.02 Å². The molecule has 2 heterocycles. The number of nitrogens with one attached hydrogen (secondary N) is 1. The molecule has 1 saturated heterocycles. The largest absolute Gasteiger partial charge is 0.365 e. The Bertz CT molecular complexity index is 1010. The molecular formula is C22H25ClN6O2. The van der Waals surface area contributed by atoms with Crippen molar-refractivity contribution in [2.45, 2.75) is 44.2 Å². The number of carbonyl (C=O) groups is 2. The Hall–Kier alpha value is -2.89. The highest BCUT2D eigenvalue weighted by Crippen LogP contribution is 2.36. The van der Waals surface area contributed by atoms with Crippen molar-refractivity contribution in [1.82, 2.24) is 14.7 Å². The van der Waals surface area contributed by atoms with Gasteiger partial charge >= 0.3 is 0 Å². The zero-order valence-electron chi connectivity index (χ0n) is 17.2. The zero-order chi connectivity index (χ0) is 22.0. The molecule has 4 rings (SSSR count). The van der Waals surface area contributed by atoms with Gasteiger partial charge in [0.2, 0.25) is 5.91 Å². The highest BCUT2D eigenvalue weighted by molar-refractivity contribution is 6.30. The van der Waals surface area contributed by atoms with Gasteiger partial charge in [0.1, 0.15) is 5.56 Å². The van der Waals surface area contributed by atoms with Gasteiger partial charge in [0.15, 0.2) is 5.82 Å². The second-order valence-corrected chi connectivity index (χ2v) is 8.86. The Morgan fingerprint density at radius 1 is 1.26 bits per heavy atom. The van der Waals surface area contributed by atoms with Gasteiger partial charge in [-0.05, 0) is 43.4 Å². The van der Waals surface area contributed by atoms with Crippen LogP contribution in [0, 0.1) is 17.2 Å². The Morgan fingerprint density at radius 3 is 2.52 bits per heavy atom. The van der Waals surface area contributed by atoms with Crippen LogP contribution in [0.4, 0.5) is 5.82 Å². The van der Waals surface area contributed by atoms with Gasteiger partial charge in [-0.15, -0.1) is 0 Å². The quantitative estimate of drug-likeness (QED) is 0.686. The molecule has 31 heavy (non-hydrogen) atoms. The molecule has 1 aliphatic heterocycles. The maximum atomic E-state index is 12.2. The number of halogens is 1. The lowest BCUT2D eigenvalue weighted by Crippen LogP contribution is -2.46. The van der Waals surface area contributed by atoms with E-state index >= 15 is 0 Å². The van der Waals surface area contributed by atoms with Crippen molar-refractivity contribution < 1.29 is 9.59 Å². The number of carbonyl (C=O) groups excluding carboxylic acids is 2. The lowest BCUT2D eigenvalue weighted by Gasteiger charge is -2.40. The zero-order valence-corrected chi connectivity index (χ0v) is 17.9. The summed E-state index contributed by atoms with van der Waals surface area (Å²) in [6.07, 6.45) is 4.93. The summed E-state index contributed by atoms with van der Waals surface area (Å²) in [5.74, 6) is -0.621. The minimum absolute atomic E-state index is 0.0185. The first-order chi connectivity index (χ1) is 14.9. The number of anilines is 1. The van der Waals surface area contributed by atoms with E-state index in [4.69, 9.17) is 17.3 Å². The number of piperidine rings is 1. The van der Waals surface area contributed by atoms with Crippen molar-refractivity contribution in [3.05, 3.63) is 46.6 Å². The molecule has 162 valence electrons. The Morgan fingerprint density at radius 2 is 1.94 bits per heavy atom. The number of hydrogen-bond acceptors (Lipinski definition) is 5. The molecule has 1 aliphatic carbocycles. The molecule has 0 unspecified atom stereocenters. The molecule has 2 amide bonds. The number of nitrogens with zero attached hydrogens (tertiary/aromatic N) is 4. The highest BCUT2D eigenvalue weighted by atomic mass is 35.5. The minimum atomic E-state index is -0.648. The third-order valence-corrected chi connectivity index (χ3v) is 6.42. The van der Waals surface area contributed by atoms with Crippen LogP contribution in [0.5, 0.6) is 0 Å². The number of amides is 2. The van der Waals surface area contributed by atoms with Crippen LogP contribution in [0.15, 0.2) is 30.5 Å². The number of rotatable bonds is 7. The molecule has 9 heteroatoms. The molecule has 1 saturated carbocycles. The summed E-state index contributed by atoms with van der Waals surface area (Å²) in [6, 6.07) is 10.1. The molecule has 1 aromatic heterocycles. The Balaban J connectivity index is 1.51. The van der Waals surface area contributed by atoms with E-state index in [-0.39, 0.29) is 29.6 Å². The van der Waals surface area contributed by atoms with Crippen LogP contribution in [0.25, 0.3) is 0 Å². The fourth-order valence-corrected chi connectivity index (χ4v) is 4.19. The van der Waals surface area contributed by atoms with Gasteiger partial charge < -0.3 is 11.1 Å². The topological polar surface area (TPSA) is 117 Å². The summed E-state index contributed by atoms with van der Waals surface area (Å²) >= 11 is 5.97. The summed E-state index contributed by atoms with van der Waals surface area (Å²) < 4.78 is 1.68. The van der Waals surface area contributed by atoms with E-state index in [1.165, 1.54) is 5.56 Å². The number of nitriles is 1. The number of benzene rings is 1. The number of likely N-dealkylation sites (tertiary alicyclic amines) is 1. The molecule has 2 aliphatic rings. The predicted molar refractivity (Wildman–Crippen MR) is 116 cm³/mol. The molecule has 8 nitrogen and oxygen atoms in total. The smallest absolute Gasteiger partial charge is 0.254 e. The van der Waals surface area contributed by atoms with E-state index in [1.54, 1.807) is 10.9 Å². The maximum absolute atomic E-state index is 12.2. The van der Waals surface area contributed by atoms with Gasteiger partial charge in [0.05, 0.1) is 18.0 Å². The average molecular weight is 441 g/mol. The SMILES string of the molecule is N#CCC1(n2cc(C(N)=O)c(NC(=O)C3CC3)n2)CCN(Cc2ccc(Cl)cc2)CC1. The lowest BCUT2D eigenvalue weighted by molar-refractivity contribution is -0.117.